The molecule has 3 heteroatoms. The van der Waals surface area contributed by atoms with E-state index < -0.39 is 0 Å². The molecule has 2 nitrogen and oxygen atoms in total. The Morgan fingerprint density at radius 1 is 1.12 bits per heavy atom. The minimum absolute atomic E-state index is 0.159. The van der Waals surface area contributed by atoms with Crippen LogP contribution in [0.5, 0.6) is 0 Å². The molecule has 0 N–H and O–H groups in total. The summed E-state index contributed by atoms with van der Waals surface area (Å²) in [5.74, 6) is 0. The molecular formula is C14H15ClN2. The minimum atomic E-state index is 0.159. The molecular weight excluding hydrogens is 232 g/mol. The van der Waals surface area contributed by atoms with Gasteiger partial charge in [0.15, 0.2) is 0 Å². The van der Waals surface area contributed by atoms with Crippen molar-refractivity contribution >= 4 is 11.6 Å². The fourth-order valence-corrected chi connectivity index (χ4v) is 2.22. The number of halogens is 1. The summed E-state index contributed by atoms with van der Waals surface area (Å²) in [4.78, 5) is 6.18. The Balaban J connectivity index is 2.47. The average Bonchev–Trinajstić information content (AvgIpc) is 2.33. The number of aromatic nitrogens is 1. The van der Waals surface area contributed by atoms with Crippen molar-refractivity contribution in [1.82, 2.24) is 9.88 Å². The third kappa shape index (κ3) is 2.65. The summed E-state index contributed by atoms with van der Waals surface area (Å²) >= 11 is 6.22. The molecule has 0 aliphatic rings. The molecule has 0 amide bonds. The summed E-state index contributed by atoms with van der Waals surface area (Å²) in [6, 6.07) is 12.5. The normalized spacial score (nSPS) is 12.7. The predicted molar refractivity (Wildman–Crippen MR) is 71.2 cm³/mol. The van der Waals surface area contributed by atoms with Gasteiger partial charge in [0, 0.05) is 12.4 Å². The number of nitrogens with zero attached hydrogens (tertiary/aromatic N) is 2. The van der Waals surface area contributed by atoms with E-state index in [2.05, 4.69) is 36.1 Å². The van der Waals surface area contributed by atoms with Crippen LogP contribution in [0.2, 0.25) is 5.02 Å². The predicted octanol–water partition coefficient (Wildman–Crippen LogP) is 3.39. The van der Waals surface area contributed by atoms with Crippen molar-refractivity contribution in [3.63, 3.8) is 0 Å². The Hall–Kier alpha value is -1.38. The van der Waals surface area contributed by atoms with Gasteiger partial charge in [-0.05, 0) is 31.3 Å². The highest BCUT2D eigenvalue weighted by Crippen LogP contribution is 2.30. The standard InChI is InChI=1S/C14H15ClN2/c1-17(2)14(11-6-4-3-5-7-11)12-8-9-16-10-13(12)15/h3-10,14H,1-2H3/t14-/m0/s1. The highest BCUT2D eigenvalue weighted by Gasteiger charge is 2.18. The lowest BCUT2D eigenvalue weighted by atomic mass is 9.99. The molecule has 0 radical (unpaired) electrons. The van der Waals surface area contributed by atoms with Gasteiger partial charge in [0.1, 0.15) is 0 Å². The van der Waals surface area contributed by atoms with E-state index in [4.69, 9.17) is 11.6 Å². The van der Waals surface area contributed by atoms with Crippen LogP contribution in [0.1, 0.15) is 17.2 Å². The van der Waals surface area contributed by atoms with E-state index in [1.807, 2.05) is 24.3 Å². The fourth-order valence-electron chi connectivity index (χ4n) is 2.00. The number of pyridine rings is 1. The minimum Gasteiger partial charge on any atom is -0.298 e. The van der Waals surface area contributed by atoms with Crippen molar-refractivity contribution in [3.05, 3.63) is 64.9 Å². The number of hydrogen-bond donors (Lipinski definition) is 0. The molecule has 2 rings (SSSR count). The molecule has 1 heterocycles. The van der Waals surface area contributed by atoms with Gasteiger partial charge in [-0.1, -0.05) is 41.9 Å². The first-order chi connectivity index (χ1) is 8.20. The molecule has 88 valence electrons. The zero-order valence-electron chi connectivity index (χ0n) is 9.97. The maximum atomic E-state index is 6.22. The fraction of sp³-hybridized carbons (Fsp3) is 0.214. The maximum absolute atomic E-state index is 6.22. The van der Waals surface area contributed by atoms with Crippen LogP contribution in [0, 0.1) is 0 Å². The van der Waals surface area contributed by atoms with Crippen molar-refractivity contribution in [1.29, 1.82) is 0 Å². The van der Waals surface area contributed by atoms with Gasteiger partial charge < -0.3 is 0 Å². The Bertz CT molecular complexity index is 483. The van der Waals surface area contributed by atoms with Crippen LogP contribution >= 0.6 is 11.6 Å². The van der Waals surface area contributed by atoms with E-state index in [0.717, 1.165) is 5.56 Å². The molecule has 0 saturated carbocycles. The third-order valence-electron chi connectivity index (χ3n) is 2.73. The lowest BCUT2D eigenvalue weighted by molar-refractivity contribution is 0.342. The second-order valence-electron chi connectivity index (χ2n) is 4.17. The summed E-state index contributed by atoms with van der Waals surface area (Å²) in [6.07, 6.45) is 3.47. The lowest BCUT2D eigenvalue weighted by Crippen LogP contribution is -2.21. The zero-order chi connectivity index (χ0) is 12.3. The van der Waals surface area contributed by atoms with Gasteiger partial charge in [-0.3, -0.25) is 9.88 Å². The van der Waals surface area contributed by atoms with Gasteiger partial charge in [0.25, 0.3) is 0 Å². The molecule has 0 bridgehead atoms. The second kappa shape index (κ2) is 5.30. The summed E-state index contributed by atoms with van der Waals surface area (Å²) < 4.78 is 0. The Kier molecular flexibility index (Phi) is 3.77. The van der Waals surface area contributed by atoms with E-state index in [1.54, 1.807) is 12.4 Å². The maximum Gasteiger partial charge on any atom is 0.0640 e. The Morgan fingerprint density at radius 2 is 1.82 bits per heavy atom. The average molecular weight is 247 g/mol. The monoisotopic (exact) mass is 246 g/mol. The molecule has 17 heavy (non-hydrogen) atoms. The van der Waals surface area contributed by atoms with Crippen molar-refractivity contribution in [2.24, 2.45) is 0 Å². The first kappa shape index (κ1) is 12.1. The van der Waals surface area contributed by atoms with Crippen LogP contribution in [0.3, 0.4) is 0 Å². The summed E-state index contributed by atoms with van der Waals surface area (Å²) in [6.45, 7) is 0. The van der Waals surface area contributed by atoms with Gasteiger partial charge in [-0.15, -0.1) is 0 Å². The number of hydrogen-bond acceptors (Lipinski definition) is 2. The quantitative estimate of drug-likeness (QED) is 0.825. The third-order valence-corrected chi connectivity index (χ3v) is 3.05. The van der Waals surface area contributed by atoms with E-state index in [9.17, 15) is 0 Å². The topological polar surface area (TPSA) is 16.1 Å². The van der Waals surface area contributed by atoms with Crippen molar-refractivity contribution in [3.8, 4) is 0 Å². The molecule has 2 aromatic rings. The molecule has 0 unspecified atom stereocenters. The first-order valence-corrected chi connectivity index (χ1v) is 5.88. The lowest BCUT2D eigenvalue weighted by Gasteiger charge is -2.25. The molecule has 1 aromatic heterocycles. The van der Waals surface area contributed by atoms with E-state index in [0.29, 0.717) is 5.02 Å². The van der Waals surface area contributed by atoms with Gasteiger partial charge >= 0.3 is 0 Å². The molecule has 0 aliphatic carbocycles. The molecule has 0 fully saturated rings. The van der Waals surface area contributed by atoms with Crippen LogP contribution in [0.4, 0.5) is 0 Å². The van der Waals surface area contributed by atoms with Crippen LogP contribution in [-0.2, 0) is 0 Å². The van der Waals surface area contributed by atoms with E-state index >= 15 is 0 Å². The Morgan fingerprint density at radius 3 is 2.41 bits per heavy atom. The largest absolute Gasteiger partial charge is 0.298 e. The van der Waals surface area contributed by atoms with Crippen LogP contribution in [0.25, 0.3) is 0 Å². The van der Waals surface area contributed by atoms with E-state index in [1.165, 1.54) is 5.56 Å². The van der Waals surface area contributed by atoms with Crippen molar-refractivity contribution in [2.45, 2.75) is 6.04 Å². The molecule has 0 saturated heterocycles. The first-order valence-electron chi connectivity index (χ1n) is 5.51. The number of rotatable bonds is 3. The number of benzene rings is 1. The summed E-state index contributed by atoms with van der Waals surface area (Å²) in [7, 11) is 4.10. The molecule has 0 spiro atoms. The van der Waals surface area contributed by atoms with Gasteiger partial charge in [0.2, 0.25) is 0 Å². The van der Waals surface area contributed by atoms with Crippen LogP contribution < -0.4 is 0 Å². The van der Waals surface area contributed by atoms with Crippen LogP contribution in [0.15, 0.2) is 48.8 Å². The SMILES string of the molecule is CN(C)[C@@H](c1ccccc1)c1ccncc1Cl. The zero-order valence-corrected chi connectivity index (χ0v) is 10.7. The summed E-state index contributed by atoms with van der Waals surface area (Å²) in [5.41, 5.74) is 2.31. The van der Waals surface area contributed by atoms with Crippen LogP contribution in [-0.4, -0.2) is 24.0 Å². The smallest absolute Gasteiger partial charge is 0.0640 e. The van der Waals surface area contributed by atoms with Gasteiger partial charge in [-0.2, -0.15) is 0 Å². The second-order valence-corrected chi connectivity index (χ2v) is 4.58. The Labute approximate surface area is 107 Å². The highest BCUT2D eigenvalue weighted by molar-refractivity contribution is 6.31. The molecule has 0 aliphatic heterocycles. The molecule has 1 atom stereocenters. The van der Waals surface area contributed by atoms with Crippen molar-refractivity contribution in [2.75, 3.05) is 14.1 Å². The summed E-state index contributed by atoms with van der Waals surface area (Å²) in [5, 5.41) is 0.704. The van der Waals surface area contributed by atoms with Gasteiger partial charge in [-0.25, -0.2) is 0 Å². The highest BCUT2D eigenvalue weighted by atomic mass is 35.5. The van der Waals surface area contributed by atoms with Gasteiger partial charge in [0.05, 0.1) is 11.1 Å². The van der Waals surface area contributed by atoms with E-state index in [-0.39, 0.29) is 6.04 Å². The van der Waals surface area contributed by atoms with Crippen molar-refractivity contribution < 1.29 is 0 Å². The molecule has 1 aromatic carbocycles.